The van der Waals surface area contributed by atoms with Gasteiger partial charge in [-0.05, 0) is 43.9 Å². The number of anilines is 1. The van der Waals surface area contributed by atoms with E-state index >= 15 is 0 Å². The first-order valence-corrected chi connectivity index (χ1v) is 11.6. The first kappa shape index (κ1) is 22.5. The maximum absolute atomic E-state index is 5.75. The van der Waals surface area contributed by atoms with Gasteiger partial charge in [-0.2, -0.15) is 5.10 Å². The number of hydrazone groups is 1. The van der Waals surface area contributed by atoms with Crippen LogP contribution in [0.2, 0.25) is 0 Å². The summed E-state index contributed by atoms with van der Waals surface area (Å²) in [6.45, 7) is 8.58. The Balaban J connectivity index is 1.33. The van der Waals surface area contributed by atoms with Gasteiger partial charge in [0.1, 0.15) is 11.5 Å². The molecule has 0 radical (unpaired) electrons. The van der Waals surface area contributed by atoms with Gasteiger partial charge in [0, 0.05) is 69.7 Å². The average Bonchev–Trinajstić information content (AvgIpc) is 3.22. The highest BCUT2D eigenvalue weighted by Crippen LogP contribution is 2.22. The molecule has 1 aromatic carbocycles. The van der Waals surface area contributed by atoms with Crippen molar-refractivity contribution < 1.29 is 4.74 Å². The molecule has 3 heterocycles. The van der Waals surface area contributed by atoms with Crippen molar-refractivity contribution >= 4 is 17.6 Å². The number of benzene rings is 1. The number of aliphatic imine (C=N–C) groups is 1. The second-order valence-corrected chi connectivity index (χ2v) is 8.71. The van der Waals surface area contributed by atoms with Gasteiger partial charge >= 0.3 is 0 Å². The van der Waals surface area contributed by atoms with Crippen LogP contribution in [0.25, 0.3) is 0 Å². The number of aromatic nitrogens is 2. The summed E-state index contributed by atoms with van der Waals surface area (Å²) in [6, 6.07) is 6.51. The molecule has 0 aliphatic carbocycles. The Hall–Kier alpha value is -2.71. The Kier molecular flexibility index (Phi) is 7.55. The lowest BCUT2D eigenvalue weighted by Gasteiger charge is -2.36. The molecule has 1 atom stereocenters. The SMILES string of the molecule is Cc1cc(N2CCN(Cc3nccn3C)CC2)ccc1/C(C=NCC1CCCCO1)=N/N. The number of hydrogen-bond acceptors (Lipinski definition) is 7. The molecule has 172 valence electrons. The van der Waals surface area contributed by atoms with Gasteiger partial charge in [0.05, 0.1) is 19.2 Å². The zero-order chi connectivity index (χ0) is 22.3. The quantitative estimate of drug-likeness (QED) is 0.408. The highest BCUT2D eigenvalue weighted by Gasteiger charge is 2.19. The van der Waals surface area contributed by atoms with Crippen molar-refractivity contribution in [2.45, 2.75) is 38.8 Å². The van der Waals surface area contributed by atoms with Crippen molar-refractivity contribution in [3.8, 4) is 0 Å². The van der Waals surface area contributed by atoms with E-state index in [9.17, 15) is 0 Å². The Labute approximate surface area is 190 Å². The van der Waals surface area contributed by atoms with Crippen molar-refractivity contribution in [1.29, 1.82) is 0 Å². The first-order valence-electron chi connectivity index (χ1n) is 11.6. The van der Waals surface area contributed by atoms with Gasteiger partial charge in [0.25, 0.3) is 0 Å². The monoisotopic (exact) mass is 437 g/mol. The molecule has 0 spiro atoms. The lowest BCUT2D eigenvalue weighted by atomic mass is 10.0. The molecule has 2 N–H and O–H groups in total. The van der Waals surface area contributed by atoms with Gasteiger partial charge < -0.3 is 20.0 Å². The topological polar surface area (TPSA) is 84.3 Å². The molecule has 2 fully saturated rings. The molecule has 1 aromatic heterocycles. The largest absolute Gasteiger partial charge is 0.376 e. The van der Waals surface area contributed by atoms with Crippen LogP contribution < -0.4 is 10.7 Å². The van der Waals surface area contributed by atoms with Gasteiger partial charge in [0.2, 0.25) is 0 Å². The predicted octanol–water partition coefficient (Wildman–Crippen LogP) is 2.35. The van der Waals surface area contributed by atoms with Crippen LogP contribution in [0.5, 0.6) is 0 Å². The van der Waals surface area contributed by atoms with Crippen LogP contribution in [0.15, 0.2) is 40.7 Å². The van der Waals surface area contributed by atoms with E-state index in [0.717, 1.165) is 69.1 Å². The van der Waals surface area contributed by atoms with Crippen molar-refractivity contribution in [2.75, 3.05) is 44.2 Å². The second kappa shape index (κ2) is 10.7. The molecule has 1 unspecified atom stereocenters. The van der Waals surface area contributed by atoms with Crippen molar-refractivity contribution in [3.05, 3.63) is 47.5 Å². The first-order chi connectivity index (χ1) is 15.6. The molecule has 2 saturated heterocycles. The molecule has 4 rings (SSSR count). The summed E-state index contributed by atoms with van der Waals surface area (Å²) in [5, 5.41) is 3.99. The van der Waals surface area contributed by atoms with Gasteiger partial charge in [-0.3, -0.25) is 9.89 Å². The third-order valence-electron chi connectivity index (χ3n) is 6.45. The Morgan fingerprint density at radius 2 is 2.09 bits per heavy atom. The number of imidazole rings is 1. The van der Waals surface area contributed by atoms with E-state index in [2.05, 4.69) is 61.6 Å². The molecule has 2 aliphatic rings. The smallest absolute Gasteiger partial charge is 0.122 e. The summed E-state index contributed by atoms with van der Waals surface area (Å²) >= 11 is 0. The predicted molar refractivity (Wildman–Crippen MR) is 130 cm³/mol. The third-order valence-corrected chi connectivity index (χ3v) is 6.45. The Bertz CT molecular complexity index is 938. The Morgan fingerprint density at radius 1 is 1.25 bits per heavy atom. The van der Waals surface area contributed by atoms with Crippen LogP contribution in [0.1, 0.15) is 36.2 Å². The van der Waals surface area contributed by atoms with E-state index < -0.39 is 0 Å². The molecule has 32 heavy (non-hydrogen) atoms. The Morgan fingerprint density at radius 3 is 2.75 bits per heavy atom. The summed E-state index contributed by atoms with van der Waals surface area (Å²) in [5.74, 6) is 6.81. The fourth-order valence-electron chi connectivity index (χ4n) is 4.43. The van der Waals surface area contributed by atoms with E-state index in [4.69, 9.17) is 10.6 Å². The molecule has 2 aromatic rings. The molecular weight excluding hydrogens is 402 g/mol. The number of hydrogen-bond donors (Lipinski definition) is 1. The maximum atomic E-state index is 5.75. The van der Waals surface area contributed by atoms with Crippen LogP contribution in [0, 0.1) is 6.92 Å². The highest BCUT2D eigenvalue weighted by atomic mass is 16.5. The minimum absolute atomic E-state index is 0.221. The number of piperazine rings is 1. The van der Waals surface area contributed by atoms with Gasteiger partial charge in [-0.25, -0.2) is 4.98 Å². The summed E-state index contributed by atoms with van der Waals surface area (Å²) in [4.78, 5) is 13.9. The number of ether oxygens (including phenoxy) is 1. The summed E-state index contributed by atoms with van der Waals surface area (Å²) < 4.78 is 7.84. The number of rotatable bonds is 7. The van der Waals surface area contributed by atoms with E-state index in [1.165, 1.54) is 12.1 Å². The van der Waals surface area contributed by atoms with E-state index in [1.807, 2.05) is 12.4 Å². The van der Waals surface area contributed by atoms with Gasteiger partial charge in [0.15, 0.2) is 0 Å². The van der Waals surface area contributed by atoms with Crippen LogP contribution in [0.4, 0.5) is 5.69 Å². The van der Waals surface area contributed by atoms with Gasteiger partial charge in [-0.1, -0.05) is 6.07 Å². The molecule has 8 nitrogen and oxygen atoms in total. The lowest BCUT2D eigenvalue weighted by Crippen LogP contribution is -2.46. The summed E-state index contributed by atoms with van der Waals surface area (Å²) in [5.41, 5.74) is 4.14. The molecule has 2 aliphatic heterocycles. The number of nitrogens with two attached hydrogens (primary N) is 1. The number of aryl methyl sites for hydroxylation is 2. The molecule has 0 amide bonds. The van der Waals surface area contributed by atoms with Crippen LogP contribution in [-0.4, -0.2) is 71.8 Å². The second-order valence-electron chi connectivity index (χ2n) is 8.71. The normalized spacial score (nSPS) is 20.9. The van der Waals surface area contributed by atoms with E-state index in [0.29, 0.717) is 12.3 Å². The highest BCUT2D eigenvalue weighted by molar-refractivity contribution is 6.38. The minimum Gasteiger partial charge on any atom is -0.376 e. The third kappa shape index (κ3) is 5.55. The fraction of sp³-hybridized carbons (Fsp3) is 0.542. The summed E-state index contributed by atoms with van der Waals surface area (Å²) in [6.07, 6.45) is 9.33. The fourth-order valence-corrected chi connectivity index (χ4v) is 4.43. The van der Waals surface area contributed by atoms with E-state index in [-0.39, 0.29) is 6.10 Å². The standard InChI is InChI=1S/C24H35N7O/c1-19-15-20(31-12-10-30(11-13-31)18-24-27-8-9-29(24)2)6-7-22(19)23(28-25)17-26-16-21-5-3-4-14-32-21/h6-9,15,17,21H,3-5,10-14,16,18,25H2,1-2H3/b26-17?,28-23+. The molecule has 8 heteroatoms. The molecule has 0 saturated carbocycles. The zero-order valence-corrected chi connectivity index (χ0v) is 19.3. The van der Waals surface area contributed by atoms with Crippen LogP contribution in [0.3, 0.4) is 0 Å². The minimum atomic E-state index is 0.221. The number of nitrogens with zero attached hydrogens (tertiary/aromatic N) is 6. The maximum Gasteiger partial charge on any atom is 0.122 e. The van der Waals surface area contributed by atoms with Crippen LogP contribution in [-0.2, 0) is 18.3 Å². The van der Waals surface area contributed by atoms with Crippen molar-refractivity contribution in [3.63, 3.8) is 0 Å². The molecular formula is C24H35N7O. The van der Waals surface area contributed by atoms with Crippen molar-refractivity contribution in [1.82, 2.24) is 14.5 Å². The zero-order valence-electron chi connectivity index (χ0n) is 19.3. The average molecular weight is 438 g/mol. The van der Waals surface area contributed by atoms with E-state index in [1.54, 1.807) is 6.21 Å². The van der Waals surface area contributed by atoms with Crippen molar-refractivity contribution in [2.24, 2.45) is 23.0 Å². The van der Waals surface area contributed by atoms with Crippen LogP contribution >= 0.6 is 0 Å². The molecule has 0 bridgehead atoms. The van der Waals surface area contributed by atoms with Gasteiger partial charge in [-0.15, -0.1) is 0 Å². The summed E-state index contributed by atoms with van der Waals surface area (Å²) in [7, 11) is 2.05. The lowest BCUT2D eigenvalue weighted by molar-refractivity contribution is 0.0226.